The van der Waals surface area contributed by atoms with Gasteiger partial charge in [0.05, 0.1) is 34.7 Å². The number of hydrogen-bond donors (Lipinski definition) is 3. The number of hydrogen-bond acceptors (Lipinski definition) is 5. The molecule has 166 valence electrons. The van der Waals surface area contributed by atoms with Gasteiger partial charge in [-0.05, 0) is 35.9 Å². The molecule has 0 saturated carbocycles. The predicted molar refractivity (Wildman–Crippen MR) is 122 cm³/mol. The highest BCUT2D eigenvalue weighted by molar-refractivity contribution is 6.00. The van der Waals surface area contributed by atoms with Crippen LogP contribution in [0.25, 0.3) is 11.0 Å². The molecule has 0 aliphatic carbocycles. The molecule has 2 amide bonds. The Morgan fingerprint density at radius 3 is 2.33 bits per heavy atom. The molecule has 0 fully saturated rings. The zero-order valence-corrected chi connectivity index (χ0v) is 17.2. The number of benzene rings is 3. The maximum Gasteiger partial charge on any atom is 0.323 e. The van der Waals surface area contributed by atoms with Gasteiger partial charge in [-0.25, -0.2) is 9.78 Å². The highest BCUT2D eigenvalue weighted by Crippen LogP contribution is 2.28. The first-order valence-electron chi connectivity index (χ1n) is 9.96. The van der Waals surface area contributed by atoms with Crippen LogP contribution < -0.4 is 10.6 Å². The van der Waals surface area contributed by atoms with Crippen LogP contribution in [0, 0.1) is 10.1 Å². The second kappa shape index (κ2) is 9.18. The molecule has 33 heavy (non-hydrogen) atoms. The number of nitrogens with one attached hydrogen (secondary N) is 2. The lowest BCUT2D eigenvalue weighted by molar-refractivity contribution is -0.384. The first-order valence-corrected chi connectivity index (χ1v) is 9.96. The van der Waals surface area contributed by atoms with Crippen LogP contribution in [0.15, 0.2) is 79.1 Å². The van der Waals surface area contributed by atoms with E-state index in [-0.39, 0.29) is 12.1 Å². The first kappa shape index (κ1) is 21.5. The second-order valence-electron chi connectivity index (χ2n) is 7.26. The molecule has 1 atom stereocenters. The summed E-state index contributed by atoms with van der Waals surface area (Å²) in [7, 11) is 0. The van der Waals surface area contributed by atoms with Crippen LogP contribution in [0.4, 0.5) is 21.9 Å². The third-order valence-corrected chi connectivity index (χ3v) is 5.06. The van der Waals surface area contributed by atoms with Crippen LogP contribution in [0.5, 0.6) is 0 Å². The summed E-state index contributed by atoms with van der Waals surface area (Å²) >= 11 is 0. The van der Waals surface area contributed by atoms with Crippen molar-refractivity contribution in [3.05, 3.63) is 94.8 Å². The molecule has 3 aromatic carbocycles. The number of carboxylic acid groups (broad SMARTS) is 1. The Labute approximate surface area is 187 Å². The molecule has 1 aromatic heterocycles. The van der Waals surface area contributed by atoms with E-state index in [1.165, 1.54) is 24.3 Å². The average molecular weight is 445 g/mol. The number of carbonyl (C=O) groups is 2. The molecule has 3 N–H and O–H groups in total. The predicted octanol–water partition coefficient (Wildman–Crippen LogP) is 4.65. The van der Waals surface area contributed by atoms with Crippen molar-refractivity contribution in [2.45, 2.75) is 12.5 Å². The Hall–Kier alpha value is -4.73. The zero-order valence-electron chi connectivity index (χ0n) is 17.2. The molecule has 10 heteroatoms. The molecule has 4 rings (SSSR count). The minimum atomic E-state index is -0.924. The molecule has 10 nitrogen and oxygen atoms in total. The van der Waals surface area contributed by atoms with Crippen LogP contribution in [0.2, 0.25) is 0 Å². The normalized spacial score (nSPS) is 11.6. The number of nitro groups is 1. The van der Waals surface area contributed by atoms with Gasteiger partial charge in [-0.3, -0.25) is 14.9 Å². The molecule has 0 bridgehead atoms. The number of imidazole rings is 1. The van der Waals surface area contributed by atoms with Gasteiger partial charge in [-0.2, -0.15) is 0 Å². The van der Waals surface area contributed by atoms with E-state index in [1.807, 2.05) is 30.3 Å². The minimum absolute atomic E-state index is 0.0706. The Morgan fingerprint density at radius 2 is 1.67 bits per heavy atom. The van der Waals surface area contributed by atoms with E-state index in [0.717, 1.165) is 11.1 Å². The van der Waals surface area contributed by atoms with Crippen molar-refractivity contribution < 1.29 is 19.6 Å². The summed E-state index contributed by atoms with van der Waals surface area (Å²) in [4.78, 5) is 38.4. The smallest absolute Gasteiger partial charge is 0.323 e. The van der Waals surface area contributed by atoms with Gasteiger partial charge in [0, 0.05) is 23.5 Å². The third-order valence-electron chi connectivity index (χ3n) is 5.06. The minimum Gasteiger partial charge on any atom is -0.481 e. The van der Waals surface area contributed by atoms with Crippen molar-refractivity contribution in [3.63, 3.8) is 0 Å². The topological polar surface area (TPSA) is 139 Å². The Kier molecular flexibility index (Phi) is 5.98. The van der Waals surface area contributed by atoms with Gasteiger partial charge in [0.2, 0.25) is 0 Å². The van der Waals surface area contributed by atoms with Gasteiger partial charge in [-0.15, -0.1) is 0 Å². The van der Waals surface area contributed by atoms with Gasteiger partial charge in [0.1, 0.15) is 0 Å². The largest absolute Gasteiger partial charge is 0.481 e. The number of non-ortho nitro benzene ring substituents is 1. The number of aliphatic carboxylic acids is 1. The lowest BCUT2D eigenvalue weighted by atomic mass is 10.0. The van der Waals surface area contributed by atoms with Crippen molar-refractivity contribution in [2.75, 3.05) is 10.6 Å². The maximum absolute atomic E-state index is 12.3. The van der Waals surface area contributed by atoms with E-state index in [9.17, 15) is 24.8 Å². The summed E-state index contributed by atoms with van der Waals surface area (Å²) in [6, 6.07) is 19.0. The lowest BCUT2D eigenvalue weighted by Crippen LogP contribution is -2.19. The number of amides is 2. The molecule has 0 aliphatic rings. The molecular formula is C23H19N5O5. The highest BCUT2D eigenvalue weighted by atomic mass is 16.6. The third kappa shape index (κ3) is 4.96. The van der Waals surface area contributed by atoms with Crippen molar-refractivity contribution in [2.24, 2.45) is 0 Å². The van der Waals surface area contributed by atoms with Gasteiger partial charge < -0.3 is 20.3 Å². The summed E-state index contributed by atoms with van der Waals surface area (Å²) in [6.07, 6.45) is 1.49. The van der Waals surface area contributed by atoms with Crippen molar-refractivity contribution in [3.8, 4) is 0 Å². The number of fused-ring (bicyclic) bond motifs is 1. The van der Waals surface area contributed by atoms with Crippen LogP contribution in [0.1, 0.15) is 18.0 Å². The van der Waals surface area contributed by atoms with Crippen LogP contribution >= 0.6 is 0 Å². The zero-order chi connectivity index (χ0) is 23.4. The van der Waals surface area contributed by atoms with Gasteiger partial charge in [0.25, 0.3) is 5.69 Å². The van der Waals surface area contributed by atoms with E-state index in [4.69, 9.17) is 0 Å². The van der Waals surface area contributed by atoms with Gasteiger partial charge in [-0.1, -0.05) is 30.3 Å². The summed E-state index contributed by atoms with van der Waals surface area (Å²) in [5, 5.41) is 25.4. The Balaban J connectivity index is 1.52. The van der Waals surface area contributed by atoms with Gasteiger partial charge >= 0.3 is 12.0 Å². The number of nitro benzene ring substituents is 1. The number of carbonyl (C=O) groups excluding carboxylic acids is 1. The number of aromatic nitrogens is 2. The van der Waals surface area contributed by atoms with Crippen LogP contribution in [-0.2, 0) is 4.79 Å². The van der Waals surface area contributed by atoms with E-state index < -0.39 is 23.0 Å². The van der Waals surface area contributed by atoms with Crippen molar-refractivity contribution in [1.82, 2.24) is 9.55 Å². The molecule has 1 unspecified atom stereocenters. The average Bonchev–Trinajstić information content (AvgIpc) is 3.21. The maximum atomic E-state index is 12.3. The van der Waals surface area contributed by atoms with Crippen LogP contribution in [-0.4, -0.2) is 31.6 Å². The second-order valence-corrected chi connectivity index (χ2v) is 7.26. The number of urea groups is 1. The Morgan fingerprint density at radius 1 is 1.00 bits per heavy atom. The van der Waals surface area contributed by atoms with E-state index in [2.05, 4.69) is 15.6 Å². The van der Waals surface area contributed by atoms with E-state index in [0.29, 0.717) is 16.9 Å². The number of rotatable bonds is 7. The first-order chi connectivity index (χ1) is 15.9. The summed E-state index contributed by atoms with van der Waals surface area (Å²) in [5.74, 6) is -0.924. The van der Waals surface area contributed by atoms with Crippen molar-refractivity contribution >= 4 is 40.1 Å². The SMILES string of the molecule is O=C(O)CC(c1ccccc1)n1cnc2cc(NC(=O)Nc3ccc([N+](=O)[O-])cc3)ccc21. The molecule has 0 spiro atoms. The fraction of sp³-hybridized carbons (Fsp3) is 0.0870. The summed E-state index contributed by atoms with van der Waals surface area (Å²) < 4.78 is 1.81. The van der Waals surface area contributed by atoms with Gasteiger partial charge in [0.15, 0.2) is 0 Å². The fourth-order valence-corrected chi connectivity index (χ4v) is 3.54. The number of anilines is 2. The van der Waals surface area contributed by atoms with Crippen molar-refractivity contribution in [1.29, 1.82) is 0 Å². The summed E-state index contributed by atoms with van der Waals surface area (Å²) in [6.45, 7) is 0. The quantitative estimate of drug-likeness (QED) is 0.279. The molecule has 0 radical (unpaired) electrons. The molecular weight excluding hydrogens is 426 g/mol. The van der Waals surface area contributed by atoms with Crippen LogP contribution in [0.3, 0.4) is 0 Å². The number of carboxylic acids is 1. The highest BCUT2D eigenvalue weighted by Gasteiger charge is 2.20. The monoisotopic (exact) mass is 445 g/mol. The summed E-state index contributed by atoms with van der Waals surface area (Å²) in [5.41, 5.74) is 2.99. The molecule has 1 heterocycles. The lowest BCUT2D eigenvalue weighted by Gasteiger charge is -2.18. The molecule has 0 saturated heterocycles. The standard InChI is InChI=1S/C23H19N5O5/c29-22(30)13-21(15-4-2-1-3-5-15)27-14-24-19-12-17(8-11-20(19)27)26-23(31)25-16-6-9-18(10-7-16)28(32)33/h1-12,14,21H,13H2,(H,29,30)(H2,25,26,31). The molecule has 0 aliphatic heterocycles. The Bertz CT molecular complexity index is 1320. The molecule has 4 aromatic rings. The fourth-order valence-electron chi connectivity index (χ4n) is 3.54. The van der Waals surface area contributed by atoms with E-state index >= 15 is 0 Å². The number of nitrogens with zero attached hydrogens (tertiary/aromatic N) is 3. The van der Waals surface area contributed by atoms with E-state index in [1.54, 1.807) is 29.1 Å².